The van der Waals surface area contributed by atoms with E-state index in [-0.39, 0.29) is 46.1 Å². The summed E-state index contributed by atoms with van der Waals surface area (Å²) in [5, 5.41) is 39.3. The fourth-order valence-electron chi connectivity index (χ4n) is 12.3. The first-order valence-corrected chi connectivity index (χ1v) is 37.3. The van der Waals surface area contributed by atoms with E-state index in [4.69, 9.17) is 80.8 Å². The van der Waals surface area contributed by atoms with Crippen molar-refractivity contribution in [2.75, 3.05) is 79.6 Å². The van der Waals surface area contributed by atoms with Gasteiger partial charge in [0.2, 0.25) is 44.2 Å². The van der Waals surface area contributed by atoms with E-state index in [0.29, 0.717) is 126 Å². The number of rotatable bonds is 26. The van der Waals surface area contributed by atoms with Crippen LogP contribution in [0.4, 0.5) is 33.7 Å². The number of aromatic amines is 2. The highest BCUT2D eigenvalue weighted by Gasteiger charge is 2.24. The molecule has 1 amide bonds. The highest BCUT2D eigenvalue weighted by atomic mass is 35.5. The van der Waals surface area contributed by atoms with Crippen LogP contribution in [0.5, 0.6) is 0 Å². The summed E-state index contributed by atoms with van der Waals surface area (Å²) < 4.78 is 41.4. The Bertz CT molecular complexity index is 5460. The van der Waals surface area contributed by atoms with E-state index in [1.54, 1.807) is 56.0 Å². The summed E-state index contributed by atoms with van der Waals surface area (Å²) in [7, 11) is 1.75. The highest BCUT2D eigenvalue weighted by Crippen LogP contribution is 2.32. The van der Waals surface area contributed by atoms with Crippen LogP contribution >= 0.6 is 58.0 Å². The number of hydrogen-bond acceptors (Lipinski definition) is 26. The molecule has 16 heterocycles. The lowest BCUT2D eigenvalue weighted by Gasteiger charge is -2.32. The molecule has 38 heteroatoms. The molecule has 0 atom stereocenters. The largest absolute Gasteiger partial charge is 0.469 e. The van der Waals surface area contributed by atoms with Crippen LogP contribution in [0, 0.1) is 12.7 Å². The maximum atomic E-state index is 14.1. The first-order chi connectivity index (χ1) is 54.0. The maximum Gasteiger partial charge on any atom is 0.226 e. The Balaban J connectivity index is 0.000000129. The van der Waals surface area contributed by atoms with E-state index >= 15 is 0 Å². The smallest absolute Gasteiger partial charge is 0.226 e. The van der Waals surface area contributed by atoms with Gasteiger partial charge in [-0.25, -0.2) is 19.3 Å². The zero-order valence-corrected chi connectivity index (χ0v) is 64.4. The lowest BCUT2D eigenvalue weighted by atomic mass is 10.0. The van der Waals surface area contributed by atoms with Gasteiger partial charge in [-0.2, -0.15) is 44.9 Å². The second-order valence-corrected chi connectivity index (χ2v) is 26.6. The highest BCUT2D eigenvalue weighted by molar-refractivity contribution is 6.30. The Morgan fingerprint density at radius 3 is 1.77 bits per heavy atom. The summed E-state index contributed by atoms with van der Waals surface area (Å²) in [4.78, 5) is 74.3. The molecule has 0 aliphatic carbocycles. The average Bonchev–Trinajstić information content (AvgIpc) is 1.66. The minimum atomic E-state index is -0.367. The third-order valence-electron chi connectivity index (χ3n) is 17.6. The molecule has 0 aromatic carbocycles. The van der Waals surface area contributed by atoms with Gasteiger partial charge in [0.25, 0.3) is 0 Å². The van der Waals surface area contributed by atoms with Crippen molar-refractivity contribution in [3.63, 3.8) is 0 Å². The molecule has 1 saturated heterocycles. The summed E-state index contributed by atoms with van der Waals surface area (Å²) in [6.45, 7) is 12.1. The number of anilines is 5. The number of aryl methyl sites for hydroxylation is 5. The quantitative estimate of drug-likeness (QED) is 0.0225. The minimum absolute atomic E-state index is 0.00702. The Morgan fingerprint density at radius 2 is 1.16 bits per heavy atom. The van der Waals surface area contributed by atoms with Crippen LogP contribution in [-0.4, -0.2) is 162 Å². The summed E-state index contributed by atoms with van der Waals surface area (Å²) in [6, 6.07) is 23.4. The number of likely N-dealkylation sites (tertiary alicyclic amines) is 1. The van der Waals surface area contributed by atoms with Crippen LogP contribution in [0.15, 0.2) is 140 Å². The molecule has 15 aromatic rings. The molecule has 1 fully saturated rings. The summed E-state index contributed by atoms with van der Waals surface area (Å²) in [5.74, 6) is 5.51. The van der Waals surface area contributed by atoms with Gasteiger partial charge in [0.05, 0.1) is 80.4 Å². The predicted octanol–water partition coefficient (Wildman–Crippen LogP) is 13.1. The maximum absolute atomic E-state index is 14.1. The Kier molecular flexibility index (Phi) is 27.6. The van der Waals surface area contributed by atoms with E-state index in [1.807, 2.05) is 77.5 Å². The third kappa shape index (κ3) is 20.9. The van der Waals surface area contributed by atoms with Crippen molar-refractivity contribution in [3.05, 3.63) is 201 Å². The number of furan rings is 4. The van der Waals surface area contributed by atoms with Gasteiger partial charge in [-0.05, 0) is 176 Å². The first-order valence-electron chi connectivity index (χ1n) is 35.4. The first kappa shape index (κ1) is 79.5. The standard InChI is InChI=1S/C19H23ClN4O.C16H17ClN4O2.C13H11ClFN5.C13H15ClN6O2.C12H13ClN6O2/c1-2-23-10-7-14(8-11-23)24-12-9-16-17(21-19(20)22-18(16)24)6-5-15-4-3-13-25-15;1-11(22)18-7-9-21-8-6-13-14(19-16(17)20-15(13)21)5-4-12-3-2-10-23-12;1-7-10(15)9-11(19-13(14)20-12(9)18-7)17-6-8-2-4-16-5-3-8;1-15-13-17-9-10(16-7-8-3-2-6-22-8)18-12(14)19-11(9)20(13)4-5-21;13-11-17-9(15-6-7-2-1-5-21-7)8-10(18-11)19-12(16-8)14-3-4-20/h3-4,9,12-14H,2,5-8,10-11H2,1H3;2-3,6,8,10H,4-5,7,9H2,1H3,(H,18,22);2-5H,6H2,1H3,(H2,17,18,19,20);2-3,6,21H,4-5,7H2,1H3,(H,15,17)(H,16,18,19);1-2,5,20H,3-4,6H2,(H3,14,15,16,17,18,19). The van der Waals surface area contributed by atoms with Crippen molar-refractivity contribution >= 4 is 149 Å². The number of aromatic nitrogens is 18. The monoisotopic (exact) mass is 1610 g/mol. The number of piperidine rings is 1. The number of halogens is 6. The predicted molar refractivity (Wildman–Crippen MR) is 423 cm³/mol. The number of carbonyl (C=O) groups is 1. The molecule has 0 saturated carbocycles. The molecule has 10 N–H and O–H groups in total. The number of nitrogens with one attached hydrogen (secondary N) is 8. The molecule has 0 radical (unpaired) electrons. The van der Waals surface area contributed by atoms with Crippen molar-refractivity contribution < 1.29 is 37.1 Å². The molecule has 1 aliphatic heterocycles. The summed E-state index contributed by atoms with van der Waals surface area (Å²) in [6.07, 6.45) is 19.5. The number of nitrogens with zero attached hydrogens (tertiary/aromatic N) is 17. The molecule has 580 valence electrons. The summed E-state index contributed by atoms with van der Waals surface area (Å²) >= 11 is 30.0. The van der Waals surface area contributed by atoms with Crippen molar-refractivity contribution in [2.45, 2.75) is 98.1 Å². The normalized spacial score (nSPS) is 12.3. The third-order valence-corrected chi connectivity index (χ3v) is 18.4. The Labute approximate surface area is 658 Å². The molecule has 32 nitrogen and oxygen atoms in total. The zero-order valence-electron chi connectivity index (χ0n) is 60.7. The fourth-order valence-corrected chi connectivity index (χ4v) is 13.1. The van der Waals surface area contributed by atoms with E-state index in [9.17, 15) is 14.3 Å². The van der Waals surface area contributed by atoms with Crippen LogP contribution in [0.2, 0.25) is 26.4 Å². The second kappa shape index (κ2) is 38.5. The van der Waals surface area contributed by atoms with Gasteiger partial charge >= 0.3 is 0 Å². The molecule has 111 heavy (non-hydrogen) atoms. The number of carbonyl (C=O) groups excluding carboxylic acids is 1. The number of aliphatic hydroxyl groups is 2. The zero-order chi connectivity index (χ0) is 77.8. The number of fused-ring (bicyclic) bond motifs is 5. The minimum Gasteiger partial charge on any atom is -0.469 e. The number of aliphatic hydroxyl groups excluding tert-OH is 2. The summed E-state index contributed by atoms with van der Waals surface area (Å²) in [5.41, 5.74) is 7.65. The van der Waals surface area contributed by atoms with E-state index in [2.05, 4.69) is 135 Å². The molecule has 15 aromatic heterocycles. The van der Waals surface area contributed by atoms with Gasteiger partial charge in [-0.1, -0.05) is 6.92 Å². The fraction of sp³-hybridized carbons (Fsp3) is 0.315. The molecule has 16 rings (SSSR count). The van der Waals surface area contributed by atoms with Crippen molar-refractivity contribution in [3.8, 4) is 0 Å². The van der Waals surface area contributed by atoms with Crippen LogP contribution in [0.25, 0.3) is 55.4 Å². The van der Waals surface area contributed by atoms with Crippen LogP contribution in [0.3, 0.4) is 0 Å². The van der Waals surface area contributed by atoms with Crippen LogP contribution in [0.1, 0.15) is 78.4 Å². The number of hydrogen-bond donors (Lipinski definition) is 10. The number of pyridine rings is 1. The van der Waals surface area contributed by atoms with E-state index < -0.39 is 0 Å². The van der Waals surface area contributed by atoms with Crippen molar-refractivity contribution in [2.24, 2.45) is 0 Å². The molecular weight excluding hydrogens is 1540 g/mol. The number of imidazole rings is 2. The van der Waals surface area contributed by atoms with E-state index in [1.165, 1.54) is 6.92 Å². The topological polar surface area (TPSA) is 399 Å². The lowest BCUT2D eigenvalue weighted by molar-refractivity contribution is -0.119. The van der Waals surface area contributed by atoms with Gasteiger partial charge in [0.15, 0.2) is 34.3 Å². The molecule has 1 aliphatic rings. The SMILES string of the molecule is CC(=O)NCCn1ccc2c(CCc3ccco3)nc(Cl)nc21.CCN1CCC(n2ccc3c(CCc4ccco4)nc(Cl)nc32)CC1.CNc1nc2c(NCc3ccco3)nc(Cl)nc2n1CCO.Cc1[nH]c2nc(Cl)nc(NCc3ccncc3)c2c1F.OCCNc1nc2nc(Cl)nc(NCc3ccco3)c2[nH]1. The van der Waals surface area contributed by atoms with Gasteiger partial charge in [-0.3, -0.25) is 14.3 Å². The molecule has 0 unspecified atom stereocenters. The molecule has 0 bridgehead atoms. The second-order valence-electron chi connectivity index (χ2n) is 24.9. The van der Waals surface area contributed by atoms with Crippen molar-refractivity contribution in [1.29, 1.82) is 0 Å². The Morgan fingerprint density at radius 1 is 0.595 bits per heavy atom. The average molecular weight is 1610 g/mol. The van der Waals surface area contributed by atoms with Gasteiger partial charge in [0, 0.05) is 108 Å². The van der Waals surface area contributed by atoms with Gasteiger partial charge < -0.3 is 83.8 Å². The van der Waals surface area contributed by atoms with Crippen LogP contribution < -0.4 is 31.9 Å². The molecule has 0 spiro atoms. The van der Waals surface area contributed by atoms with E-state index in [0.717, 1.165) is 120 Å². The number of amides is 1. The Hall–Kier alpha value is -11.0. The lowest BCUT2D eigenvalue weighted by Crippen LogP contribution is -2.34. The van der Waals surface area contributed by atoms with Gasteiger partial charge in [0.1, 0.15) is 51.3 Å². The number of H-pyrrole nitrogens is 2. The molecular formula is C73H79Cl5FN25O7. The van der Waals surface area contributed by atoms with Gasteiger partial charge in [-0.15, -0.1) is 0 Å². The van der Waals surface area contributed by atoms with Crippen molar-refractivity contribution in [1.82, 2.24) is 98.7 Å². The van der Waals surface area contributed by atoms with Crippen LogP contribution in [-0.2, 0) is 63.2 Å².